The maximum atomic E-state index is 12.0. The lowest BCUT2D eigenvalue weighted by Crippen LogP contribution is -2.07. The molecular formula is C37H36N2O7. The molecule has 4 aromatic rings. The molecule has 0 aliphatic carbocycles. The number of carbonyl (C=O) groups is 3. The van der Waals surface area contributed by atoms with Crippen LogP contribution in [0.1, 0.15) is 40.9 Å². The largest absolute Gasteiger partial charge is 0.497 e. The Morgan fingerprint density at radius 1 is 0.587 bits per heavy atom. The van der Waals surface area contributed by atoms with Crippen LogP contribution in [0.4, 0.5) is 0 Å². The number of ketones is 1. The molecule has 0 unspecified atom stereocenters. The van der Waals surface area contributed by atoms with Gasteiger partial charge in [0, 0.05) is 16.7 Å². The van der Waals surface area contributed by atoms with E-state index in [-0.39, 0.29) is 25.2 Å². The van der Waals surface area contributed by atoms with Crippen LogP contribution in [0, 0.1) is 22.7 Å². The van der Waals surface area contributed by atoms with Crippen LogP contribution < -0.4 is 9.47 Å². The minimum atomic E-state index is -0.655. The number of esters is 2. The summed E-state index contributed by atoms with van der Waals surface area (Å²) in [5.74, 6) is 0.347. The van der Waals surface area contributed by atoms with E-state index in [1.165, 1.54) is 14.2 Å². The summed E-state index contributed by atoms with van der Waals surface area (Å²) in [6.45, 7) is 0. The van der Waals surface area contributed by atoms with Crippen molar-refractivity contribution in [2.24, 2.45) is 0 Å². The molecule has 0 fully saturated rings. The van der Waals surface area contributed by atoms with E-state index in [1.807, 2.05) is 66.7 Å². The first-order valence-electron chi connectivity index (χ1n) is 13.4. The third kappa shape index (κ3) is 11.5. The Labute approximate surface area is 269 Å². The molecule has 4 rings (SSSR count). The van der Waals surface area contributed by atoms with Crippen molar-refractivity contribution < 1.29 is 33.3 Å². The van der Waals surface area contributed by atoms with Crippen LogP contribution >= 0.6 is 0 Å². The Kier molecular flexibility index (Phi) is 17.0. The molecule has 0 N–H and O–H groups in total. The molecule has 0 spiro atoms. The highest BCUT2D eigenvalue weighted by Crippen LogP contribution is 2.29. The molecule has 0 heterocycles. The molecule has 9 heteroatoms. The van der Waals surface area contributed by atoms with Crippen molar-refractivity contribution >= 4 is 23.3 Å². The Hall–Kier alpha value is -6.19. The zero-order valence-corrected chi connectivity index (χ0v) is 25.4. The van der Waals surface area contributed by atoms with Gasteiger partial charge >= 0.3 is 11.9 Å². The fourth-order valence-electron chi connectivity index (χ4n) is 3.76. The van der Waals surface area contributed by atoms with Gasteiger partial charge in [-0.25, -0.2) is 4.79 Å². The Morgan fingerprint density at radius 3 is 1.37 bits per heavy atom. The summed E-state index contributed by atoms with van der Waals surface area (Å²) in [4.78, 5) is 33.9. The van der Waals surface area contributed by atoms with Gasteiger partial charge in [0.05, 0.1) is 34.5 Å². The fourth-order valence-corrected chi connectivity index (χ4v) is 3.76. The summed E-state index contributed by atoms with van der Waals surface area (Å²) < 4.78 is 19.0. The first-order valence-corrected chi connectivity index (χ1v) is 13.4. The van der Waals surface area contributed by atoms with Gasteiger partial charge in [0.1, 0.15) is 29.6 Å². The molecule has 0 aliphatic rings. The number of hydrogen-bond acceptors (Lipinski definition) is 9. The molecule has 9 nitrogen and oxygen atoms in total. The summed E-state index contributed by atoms with van der Waals surface area (Å²) in [5, 5.41) is 17.2. The molecule has 0 bridgehead atoms. The first-order chi connectivity index (χ1) is 21.8. The lowest BCUT2D eigenvalue weighted by molar-refractivity contribution is -0.139. The minimum absolute atomic E-state index is 0. The third-order valence-electron chi connectivity index (χ3n) is 6.03. The van der Waals surface area contributed by atoms with E-state index in [4.69, 9.17) is 19.5 Å². The van der Waals surface area contributed by atoms with Crippen molar-refractivity contribution in [3.63, 3.8) is 0 Å². The van der Waals surface area contributed by atoms with Crippen molar-refractivity contribution in [2.75, 3.05) is 28.4 Å². The van der Waals surface area contributed by atoms with Crippen molar-refractivity contribution in [1.29, 1.82) is 10.5 Å². The molecule has 0 aromatic heterocycles. The second-order valence-electron chi connectivity index (χ2n) is 8.78. The average Bonchev–Trinajstić information content (AvgIpc) is 3.11. The summed E-state index contributed by atoms with van der Waals surface area (Å²) in [6, 6.07) is 36.4. The van der Waals surface area contributed by atoms with Crippen molar-refractivity contribution in [3.8, 4) is 23.6 Å². The number of hydrogen-bond donors (Lipinski definition) is 0. The molecule has 236 valence electrons. The smallest absolute Gasteiger partial charge is 0.349 e. The minimum Gasteiger partial charge on any atom is -0.497 e. The number of ether oxygens (including phenoxy) is 4. The van der Waals surface area contributed by atoms with Gasteiger partial charge in [-0.15, -0.1) is 0 Å². The Balaban J connectivity index is 0.000000386. The van der Waals surface area contributed by atoms with Crippen LogP contribution in [0.3, 0.4) is 0 Å². The zero-order valence-electron chi connectivity index (χ0n) is 25.4. The standard InChI is InChI=1S/C18H15NO3.C14H12O2.C4H5NO2.CH4/c1-21-15-10-8-14(9-11-15)17(13-6-4-3-5-7-13)16(12-19)18(20)22-2;1-16-13-9-7-12(8-10-13)14(15)11-5-3-2-4-6-11;1-7-4(6)2-3-5;/h3-11H,1-2H3;2-10H,1H3;2H2,1H3;1H4/b17-16+;;;. The van der Waals surface area contributed by atoms with Crippen LogP contribution in [0.2, 0.25) is 0 Å². The van der Waals surface area contributed by atoms with Gasteiger partial charge in [-0.3, -0.25) is 9.59 Å². The predicted molar refractivity (Wildman–Crippen MR) is 175 cm³/mol. The highest BCUT2D eigenvalue weighted by molar-refractivity contribution is 6.09. The van der Waals surface area contributed by atoms with Gasteiger partial charge in [-0.1, -0.05) is 80.2 Å². The van der Waals surface area contributed by atoms with Crippen LogP contribution in [-0.4, -0.2) is 46.2 Å². The van der Waals surface area contributed by atoms with Gasteiger partial charge < -0.3 is 18.9 Å². The van der Waals surface area contributed by atoms with E-state index in [9.17, 15) is 19.6 Å². The Morgan fingerprint density at radius 2 is 1.00 bits per heavy atom. The van der Waals surface area contributed by atoms with Gasteiger partial charge in [-0.05, 0) is 47.5 Å². The third-order valence-corrected chi connectivity index (χ3v) is 6.03. The quantitative estimate of drug-likeness (QED) is 0.0898. The van der Waals surface area contributed by atoms with Gasteiger partial charge in [0.15, 0.2) is 5.78 Å². The Bertz CT molecular complexity index is 1650. The molecule has 0 saturated heterocycles. The second kappa shape index (κ2) is 20.7. The molecule has 0 atom stereocenters. The van der Waals surface area contributed by atoms with E-state index in [0.717, 1.165) is 16.9 Å². The molecule has 4 aromatic carbocycles. The summed E-state index contributed by atoms with van der Waals surface area (Å²) in [5.41, 5.74) is 3.40. The van der Waals surface area contributed by atoms with Crippen LogP contribution in [-0.2, 0) is 19.1 Å². The highest BCUT2D eigenvalue weighted by Gasteiger charge is 2.19. The van der Waals surface area contributed by atoms with Gasteiger partial charge in [0.25, 0.3) is 0 Å². The molecule has 0 radical (unpaired) electrons. The lowest BCUT2D eigenvalue weighted by atomic mass is 9.93. The molecular weight excluding hydrogens is 584 g/mol. The number of nitriles is 2. The van der Waals surface area contributed by atoms with Crippen LogP contribution in [0.15, 0.2) is 115 Å². The molecule has 0 aliphatic heterocycles. The molecule has 0 saturated carbocycles. The van der Waals surface area contributed by atoms with E-state index in [0.29, 0.717) is 22.4 Å². The summed E-state index contributed by atoms with van der Waals surface area (Å²) >= 11 is 0. The van der Waals surface area contributed by atoms with E-state index < -0.39 is 11.9 Å². The van der Waals surface area contributed by atoms with Crippen molar-refractivity contribution in [3.05, 3.63) is 137 Å². The fraction of sp³-hybridized carbons (Fsp3) is 0.162. The van der Waals surface area contributed by atoms with E-state index >= 15 is 0 Å². The number of methoxy groups -OCH3 is 4. The molecule has 46 heavy (non-hydrogen) atoms. The number of nitrogens with zero attached hydrogens (tertiary/aromatic N) is 2. The maximum absolute atomic E-state index is 12.0. The summed E-state index contributed by atoms with van der Waals surface area (Å²) in [7, 11) is 5.70. The average molecular weight is 621 g/mol. The van der Waals surface area contributed by atoms with Crippen molar-refractivity contribution in [2.45, 2.75) is 13.8 Å². The monoisotopic (exact) mass is 620 g/mol. The predicted octanol–water partition coefficient (Wildman–Crippen LogP) is 6.83. The van der Waals surface area contributed by atoms with E-state index in [2.05, 4.69) is 4.74 Å². The lowest BCUT2D eigenvalue weighted by Gasteiger charge is -2.11. The maximum Gasteiger partial charge on any atom is 0.349 e. The first kappa shape index (κ1) is 37.8. The number of carbonyl (C=O) groups excluding carboxylic acids is 3. The second-order valence-corrected chi connectivity index (χ2v) is 8.78. The molecule has 0 amide bonds. The summed E-state index contributed by atoms with van der Waals surface area (Å²) in [6.07, 6.45) is -0.156. The van der Waals surface area contributed by atoms with Crippen LogP contribution in [0.5, 0.6) is 11.5 Å². The number of benzene rings is 4. The van der Waals surface area contributed by atoms with Crippen LogP contribution in [0.25, 0.3) is 5.57 Å². The van der Waals surface area contributed by atoms with E-state index in [1.54, 1.807) is 68.8 Å². The normalized spacial score (nSPS) is 9.78. The van der Waals surface area contributed by atoms with Gasteiger partial charge in [0.2, 0.25) is 0 Å². The van der Waals surface area contributed by atoms with Gasteiger partial charge in [-0.2, -0.15) is 10.5 Å². The number of rotatable bonds is 8. The topological polar surface area (TPSA) is 136 Å². The highest BCUT2D eigenvalue weighted by atomic mass is 16.5. The zero-order chi connectivity index (χ0) is 33.0. The van der Waals surface area contributed by atoms with Crippen molar-refractivity contribution in [1.82, 2.24) is 0 Å². The SMILES string of the molecule is C.COC(=O)/C(C#N)=C(\c1ccccc1)c1ccc(OC)cc1.COC(=O)CC#N.COc1ccc(C(=O)c2ccccc2)cc1.